The fourth-order valence-corrected chi connectivity index (χ4v) is 2.19. The van der Waals surface area contributed by atoms with Crippen molar-refractivity contribution in [1.82, 2.24) is 0 Å². The molecule has 73 valence electrons. The summed E-state index contributed by atoms with van der Waals surface area (Å²) in [5, 5.41) is 5.52. The summed E-state index contributed by atoms with van der Waals surface area (Å²) in [6.07, 6.45) is -4.35. The number of hydrogen-bond donors (Lipinski definition) is 0. The molecule has 0 bridgehead atoms. The van der Waals surface area contributed by atoms with Gasteiger partial charge in [0.05, 0.1) is 16.0 Å². The number of benzene rings is 1. The first-order valence-electron chi connectivity index (χ1n) is 3.64. The molecule has 0 aliphatic carbocycles. The second-order valence-electron chi connectivity index (χ2n) is 2.76. The van der Waals surface area contributed by atoms with Crippen molar-refractivity contribution in [3.05, 3.63) is 33.5 Å². The van der Waals surface area contributed by atoms with E-state index in [-0.39, 0.29) is 5.02 Å². The molecule has 0 amide bonds. The van der Waals surface area contributed by atoms with Crippen LogP contribution < -0.4 is 0 Å². The van der Waals surface area contributed by atoms with E-state index < -0.39 is 11.7 Å². The van der Waals surface area contributed by atoms with E-state index in [1.165, 1.54) is 11.3 Å². The highest BCUT2D eigenvalue weighted by molar-refractivity contribution is 7.08. The zero-order chi connectivity index (χ0) is 10.3. The Morgan fingerprint density at radius 3 is 2.64 bits per heavy atom. The van der Waals surface area contributed by atoms with Gasteiger partial charge in [-0.15, -0.1) is 11.3 Å². The summed E-state index contributed by atoms with van der Waals surface area (Å²) >= 11 is 6.89. The summed E-state index contributed by atoms with van der Waals surface area (Å²) < 4.78 is 37.0. The minimum Gasteiger partial charge on any atom is -0.166 e. The number of rotatable bonds is 0. The topological polar surface area (TPSA) is 0 Å². The lowest BCUT2D eigenvalue weighted by Gasteiger charge is -2.07. The van der Waals surface area contributed by atoms with Crippen molar-refractivity contribution < 1.29 is 13.2 Å². The van der Waals surface area contributed by atoms with Crippen molar-refractivity contribution in [2.45, 2.75) is 6.18 Å². The standard InChI is InChI=1S/C9H3ClF3S/c10-8-2-6(9(11,12)13)1-5-3-14-4-7(5)8/h1-3H. The van der Waals surface area contributed by atoms with Crippen LogP contribution in [0.15, 0.2) is 17.5 Å². The van der Waals surface area contributed by atoms with Gasteiger partial charge >= 0.3 is 6.18 Å². The molecule has 14 heavy (non-hydrogen) atoms. The third-order valence-electron chi connectivity index (χ3n) is 1.79. The molecule has 0 spiro atoms. The lowest BCUT2D eigenvalue weighted by molar-refractivity contribution is -0.137. The molecule has 5 heteroatoms. The van der Waals surface area contributed by atoms with E-state index in [2.05, 4.69) is 5.38 Å². The Morgan fingerprint density at radius 2 is 2.00 bits per heavy atom. The van der Waals surface area contributed by atoms with Crippen molar-refractivity contribution in [2.75, 3.05) is 0 Å². The Balaban J connectivity index is 2.70. The molecule has 1 aromatic heterocycles. The molecule has 1 heterocycles. The van der Waals surface area contributed by atoms with Gasteiger partial charge in [-0.3, -0.25) is 0 Å². The van der Waals surface area contributed by atoms with Crippen molar-refractivity contribution in [2.24, 2.45) is 0 Å². The monoisotopic (exact) mass is 235 g/mol. The molecular weight excluding hydrogens is 233 g/mol. The molecule has 0 aliphatic heterocycles. The molecule has 0 atom stereocenters. The maximum absolute atomic E-state index is 12.3. The third kappa shape index (κ3) is 1.60. The maximum atomic E-state index is 12.3. The van der Waals surface area contributed by atoms with Crippen LogP contribution in [0.1, 0.15) is 5.56 Å². The molecule has 0 N–H and O–H groups in total. The number of fused-ring (bicyclic) bond motifs is 1. The van der Waals surface area contributed by atoms with E-state index in [9.17, 15) is 13.2 Å². The molecule has 0 saturated heterocycles. The van der Waals surface area contributed by atoms with Crippen molar-refractivity contribution in [3.8, 4) is 0 Å². The van der Waals surface area contributed by atoms with Crippen LogP contribution in [-0.4, -0.2) is 0 Å². The summed E-state index contributed by atoms with van der Waals surface area (Å²) in [7, 11) is 0. The lowest BCUT2D eigenvalue weighted by atomic mass is 10.1. The molecule has 0 aliphatic rings. The predicted octanol–water partition coefficient (Wildman–Crippen LogP) is 4.37. The van der Waals surface area contributed by atoms with E-state index in [0.717, 1.165) is 12.1 Å². The highest BCUT2D eigenvalue weighted by Crippen LogP contribution is 2.35. The second-order valence-corrected chi connectivity index (χ2v) is 3.84. The Bertz CT molecular complexity index is 472. The Labute approximate surface area is 86.9 Å². The summed E-state index contributed by atoms with van der Waals surface area (Å²) in [4.78, 5) is 0. The average molecular weight is 236 g/mol. The molecular formula is C9H3ClF3S. The van der Waals surface area contributed by atoms with Gasteiger partial charge in [-0.2, -0.15) is 13.2 Å². The minimum absolute atomic E-state index is 0.0936. The smallest absolute Gasteiger partial charge is 0.166 e. The zero-order valence-electron chi connectivity index (χ0n) is 6.65. The maximum Gasteiger partial charge on any atom is 0.416 e. The molecule has 0 saturated carbocycles. The summed E-state index contributed by atoms with van der Waals surface area (Å²) in [5.74, 6) is 0. The molecule has 0 nitrogen and oxygen atoms in total. The van der Waals surface area contributed by atoms with Gasteiger partial charge in [-0.05, 0) is 22.9 Å². The number of alkyl halides is 3. The highest BCUT2D eigenvalue weighted by Gasteiger charge is 2.31. The second kappa shape index (κ2) is 3.14. The first-order valence-corrected chi connectivity index (χ1v) is 4.90. The van der Waals surface area contributed by atoms with Crippen LogP contribution in [0.3, 0.4) is 0 Å². The van der Waals surface area contributed by atoms with Crippen molar-refractivity contribution in [1.29, 1.82) is 0 Å². The van der Waals surface area contributed by atoms with Crippen LogP contribution in [0.2, 0.25) is 5.02 Å². The average Bonchev–Trinajstić information content (AvgIpc) is 2.50. The Morgan fingerprint density at radius 1 is 1.29 bits per heavy atom. The van der Waals surface area contributed by atoms with Crippen molar-refractivity contribution in [3.63, 3.8) is 0 Å². The summed E-state index contributed by atoms with van der Waals surface area (Å²) in [6.45, 7) is 0. The van der Waals surface area contributed by atoms with Gasteiger partial charge < -0.3 is 0 Å². The fraction of sp³-hybridized carbons (Fsp3) is 0.111. The van der Waals surface area contributed by atoms with E-state index in [4.69, 9.17) is 11.6 Å². The number of halogens is 4. The molecule has 1 aromatic carbocycles. The van der Waals surface area contributed by atoms with Crippen molar-refractivity contribution >= 4 is 33.7 Å². The molecule has 1 radical (unpaired) electrons. The van der Waals surface area contributed by atoms with Gasteiger partial charge in [-0.25, -0.2) is 0 Å². The largest absolute Gasteiger partial charge is 0.416 e. The lowest BCUT2D eigenvalue weighted by Crippen LogP contribution is -2.04. The molecule has 2 aromatic rings. The van der Waals surface area contributed by atoms with Crippen LogP contribution in [0.25, 0.3) is 10.8 Å². The predicted molar refractivity (Wildman–Crippen MR) is 50.7 cm³/mol. The highest BCUT2D eigenvalue weighted by atomic mass is 35.5. The SMILES string of the molecule is FC(F)(F)c1cc(Cl)c2[c]scc2c1. The molecule has 0 unspecified atom stereocenters. The van der Waals surface area contributed by atoms with Gasteiger partial charge in [0, 0.05) is 5.39 Å². The van der Waals surface area contributed by atoms with Crippen LogP contribution in [-0.2, 0) is 6.18 Å². The van der Waals surface area contributed by atoms with Gasteiger partial charge in [0.25, 0.3) is 0 Å². The third-order valence-corrected chi connectivity index (χ3v) is 2.79. The molecule has 0 fully saturated rings. The van der Waals surface area contributed by atoms with Gasteiger partial charge in [0.1, 0.15) is 0 Å². The van der Waals surface area contributed by atoms with E-state index >= 15 is 0 Å². The van der Waals surface area contributed by atoms with Crippen LogP contribution in [0.4, 0.5) is 13.2 Å². The quantitative estimate of drug-likeness (QED) is 0.636. The first-order chi connectivity index (χ1) is 6.48. The summed E-state index contributed by atoms with van der Waals surface area (Å²) in [5.41, 5.74) is -0.721. The van der Waals surface area contributed by atoms with E-state index in [0.29, 0.717) is 10.8 Å². The number of hydrogen-bond acceptors (Lipinski definition) is 1. The van der Waals surface area contributed by atoms with Crippen LogP contribution >= 0.6 is 22.9 Å². The van der Waals surface area contributed by atoms with Crippen LogP contribution in [0.5, 0.6) is 0 Å². The Kier molecular flexibility index (Phi) is 2.20. The zero-order valence-corrected chi connectivity index (χ0v) is 8.22. The minimum atomic E-state index is -4.35. The van der Waals surface area contributed by atoms with Crippen LogP contribution in [0, 0.1) is 5.38 Å². The fourth-order valence-electron chi connectivity index (χ4n) is 1.14. The normalized spacial score (nSPS) is 12.3. The first kappa shape index (κ1) is 9.80. The van der Waals surface area contributed by atoms with Gasteiger partial charge in [0.2, 0.25) is 0 Å². The van der Waals surface area contributed by atoms with E-state index in [1.807, 2.05) is 0 Å². The number of thiophene rings is 1. The van der Waals surface area contributed by atoms with E-state index in [1.54, 1.807) is 5.38 Å². The Hall–Kier alpha value is -0.740. The molecule has 2 rings (SSSR count). The van der Waals surface area contributed by atoms with Gasteiger partial charge in [0.15, 0.2) is 0 Å². The van der Waals surface area contributed by atoms with Gasteiger partial charge in [-0.1, -0.05) is 11.6 Å². The summed E-state index contributed by atoms with van der Waals surface area (Å²) in [6, 6.07) is 2.00.